The normalized spacial score (nSPS) is 37.1. The molecule has 0 aromatic heterocycles. The Morgan fingerprint density at radius 3 is 2.68 bits per heavy atom. The first-order chi connectivity index (χ1) is 16.4. The molecule has 1 fully saturated rings. The zero-order valence-corrected chi connectivity index (χ0v) is 21.5. The van der Waals surface area contributed by atoms with Crippen molar-refractivity contribution in [3.8, 4) is 0 Å². The van der Waals surface area contributed by atoms with Gasteiger partial charge in [0.1, 0.15) is 23.7 Å². The van der Waals surface area contributed by atoms with Gasteiger partial charge in [-0.15, -0.1) is 0 Å². The second-order valence-corrected chi connectivity index (χ2v) is 11.2. The lowest BCUT2D eigenvalue weighted by atomic mass is 9.77. The monoisotopic (exact) mass is 474 g/mol. The molecule has 6 atom stereocenters. The highest BCUT2D eigenvalue weighted by atomic mass is 19.1. The Balaban J connectivity index is 1.49. The smallest absolute Gasteiger partial charge is 0.136 e. The zero-order chi connectivity index (χ0) is 24.2. The topological polar surface area (TPSA) is 48.5 Å². The Labute approximate surface area is 204 Å². The molecule has 4 unspecified atom stereocenters. The van der Waals surface area contributed by atoms with Crippen molar-refractivity contribution in [1.82, 2.24) is 16.1 Å². The first-order valence-electron chi connectivity index (χ1n) is 13.7. The molecule has 1 saturated carbocycles. The van der Waals surface area contributed by atoms with Gasteiger partial charge in [0.25, 0.3) is 0 Å². The molecule has 2 aliphatic carbocycles. The van der Waals surface area contributed by atoms with Crippen LogP contribution in [0.2, 0.25) is 0 Å². The lowest BCUT2D eigenvalue weighted by Crippen LogP contribution is -2.47. The third kappa shape index (κ3) is 5.75. The number of rotatable bonds is 5. The van der Waals surface area contributed by atoms with E-state index in [0.717, 1.165) is 67.6 Å². The molecule has 4 nitrogen and oxygen atoms in total. The van der Waals surface area contributed by atoms with E-state index in [1.807, 2.05) is 0 Å². The number of fused-ring (bicyclic) bond motifs is 1. The second kappa shape index (κ2) is 11.4. The minimum absolute atomic E-state index is 0.0150. The quantitative estimate of drug-likeness (QED) is 0.419. The second-order valence-electron chi connectivity index (χ2n) is 11.2. The van der Waals surface area contributed by atoms with E-state index in [0.29, 0.717) is 36.6 Å². The van der Waals surface area contributed by atoms with Crippen molar-refractivity contribution < 1.29 is 8.78 Å². The SMILES string of the molecule is CC[C@H]1CC(N[C@H]2NCCCC(C)/C(CCC3=CCC4C(=C3F)CC(C)CCC4C)=C\2F)=NN1. The summed E-state index contributed by atoms with van der Waals surface area (Å²) in [6.07, 6.45) is 10.6. The van der Waals surface area contributed by atoms with Crippen molar-refractivity contribution in [2.45, 2.75) is 104 Å². The van der Waals surface area contributed by atoms with E-state index in [9.17, 15) is 0 Å². The van der Waals surface area contributed by atoms with Crippen molar-refractivity contribution in [2.24, 2.45) is 28.8 Å². The van der Waals surface area contributed by atoms with E-state index in [1.54, 1.807) is 0 Å². The molecule has 0 bridgehead atoms. The number of nitrogens with one attached hydrogen (secondary N) is 3. The van der Waals surface area contributed by atoms with Gasteiger partial charge in [-0.3, -0.25) is 5.32 Å². The van der Waals surface area contributed by atoms with Crippen LogP contribution in [-0.4, -0.2) is 24.6 Å². The van der Waals surface area contributed by atoms with Gasteiger partial charge < -0.3 is 10.7 Å². The highest BCUT2D eigenvalue weighted by molar-refractivity contribution is 5.84. The summed E-state index contributed by atoms with van der Waals surface area (Å²) >= 11 is 0. The van der Waals surface area contributed by atoms with Gasteiger partial charge in [-0.1, -0.05) is 40.2 Å². The molecule has 0 saturated heterocycles. The van der Waals surface area contributed by atoms with E-state index in [4.69, 9.17) is 0 Å². The molecule has 3 N–H and O–H groups in total. The maximum absolute atomic E-state index is 15.9. The van der Waals surface area contributed by atoms with Crippen molar-refractivity contribution in [3.63, 3.8) is 0 Å². The average molecular weight is 475 g/mol. The van der Waals surface area contributed by atoms with Crippen LogP contribution in [0.1, 0.15) is 91.9 Å². The summed E-state index contributed by atoms with van der Waals surface area (Å²) in [6, 6.07) is 0.314. The number of amidine groups is 1. The Kier molecular flexibility index (Phi) is 8.49. The lowest BCUT2D eigenvalue weighted by Gasteiger charge is -2.30. The van der Waals surface area contributed by atoms with E-state index in [2.05, 4.69) is 54.9 Å². The highest BCUT2D eigenvalue weighted by Crippen LogP contribution is 2.45. The van der Waals surface area contributed by atoms with Gasteiger partial charge in [0.2, 0.25) is 0 Å². The van der Waals surface area contributed by atoms with Crippen LogP contribution in [0.3, 0.4) is 0 Å². The van der Waals surface area contributed by atoms with Gasteiger partial charge >= 0.3 is 0 Å². The summed E-state index contributed by atoms with van der Waals surface area (Å²) in [7, 11) is 0. The Bertz CT molecular complexity index is 858. The molecule has 2 heterocycles. The van der Waals surface area contributed by atoms with Crippen molar-refractivity contribution >= 4 is 5.84 Å². The summed E-state index contributed by atoms with van der Waals surface area (Å²) < 4.78 is 31.5. The number of nitrogens with zero attached hydrogens (tertiary/aromatic N) is 1. The summed E-state index contributed by atoms with van der Waals surface area (Å²) in [5.74, 6) is 2.26. The van der Waals surface area contributed by atoms with E-state index in [-0.39, 0.29) is 17.6 Å². The number of hydrazone groups is 1. The molecule has 0 amide bonds. The maximum Gasteiger partial charge on any atom is 0.136 e. The molecule has 0 aromatic carbocycles. The van der Waals surface area contributed by atoms with Gasteiger partial charge in [0, 0.05) is 6.42 Å². The fraction of sp³-hybridized carbons (Fsp3) is 0.750. The van der Waals surface area contributed by atoms with Gasteiger partial charge in [0.05, 0.1) is 6.04 Å². The van der Waals surface area contributed by atoms with Crippen LogP contribution in [0, 0.1) is 23.7 Å². The predicted octanol–water partition coefficient (Wildman–Crippen LogP) is 6.64. The highest BCUT2D eigenvalue weighted by Gasteiger charge is 2.33. The summed E-state index contributed by atoms with van der Waals surface area (Å²) in [5, 5.41) is 11.0. The first kappa shape index (κ1) is 25.4. The minimum Gasteiger partial charge on any atom is -0.351 e. The molecular formula is C28H44F2N4. The van der Waals surface area contributed by atoms with Crippen LogP contribution < -0.4 is 16.1 Å². The summed E-state index contributed by atoms with van der Waals surface area (Å²) in [4.78, 5) is 0. The van der Waals surface area contributed by atoms with Gasteiger partial charge in [-0.25, -0.2) is 8.78 Å². The number of hydrogen-bond acceptors (Lipinski definition) is 4. The number of allylic oxidation sites excluding steroid dienone is 5. The zero-order valence-electron chi connectivity index (χ0n) is 21.5. The molecule has 4 rings (SSSR count). The predicted molar refractivity (Wildman–Crippen MR) is 136 cm³/mol. The van der Waals surface area contributed by atoms with E-state index in [1.165, 1.54) is 12.8 Å². The molecule has 0 spiro atoms. The van der Waals surface area contributed by atoms with E-state index >= 15 is 8.78 Å². The van der Waals surface area contributed by atoms with Crippen LogP contribution >= 0.6 is 0 Å². The molecule has 34 heavy (non-hydrogen) atoms. The minimum atomic E-state index is -0.564. The lowest BCUT2D eigenvalue weighted by molar-refractivity contribution is 0.375. The summed E-state index contributed by atoms with van der Waals surface area (Å²) in [6.45, 7) is 9.53. The fourth-order valence-corrected chi connectivity index (χ4v) is 6.20. The molecule has 2 aliphatic heterocycles. The standard InChI is InChI=1S/C28H44F2N4/c1-5-21-16-25(34-33-21)32-28-27(30)23(18(3)7-6-14-31-28)13-11-20-10-12-22-19(4)9-8-17(2)15-24(22)26(20)29/h10,17-19,21-22,28,31,33H,5-9,11-16H2,1-4H3,(H,32,34)/b27-23+/t17?,18?,19?,21-,22?,28+/m0/s1. The van der Waals surface area contributed by atoms with Gasteiger partial charge in [0.15, 0.2) is 0 Å². The van der Waals surface area contributed by atoms with Crippen molar-refractivity contribution in [3.05, 3.63) is 34.4 Å². The molecule has 0 aromatic rings. The van der Waals surface area contributed by atoms with Crippen LogP contribution in [0.5, 0.6) is 0 Å². The van der Waals surface area contributed by atoms with Crippen molar-refractivity contribution in [1.29, 1.82) is 0 Å². The number of hydrogen-bond donors (Lipinski definition) is 3. The van der Waals surface area contributed by atoms with Crippen LogP contribution in [0.25, 0.3) is 0 Å². The molecule has 0 radical (unpaired) electrons. The molecular weight excluding hydrogens is 430 g/mol. The third-order valence-electron chi connectivity index (χ3n) is 8.61. The van der Waals surface area contributed by atoms with Crippen LogP contribution in [0.4, 0.5) is 8.78 Å². The molecule has 190 valence electrons. The van der Waals surface area contributed by atoms with Crippen LogP contribution in [-0.2, 0) is 0 Å². The third-order valence-corrected chi connectivity index (χ3v) is 8.61. The molecule has 4 aliphatic rings. The summed E-state index contributed by atoms with van der Waals surface area (Å²) in [5.41, 5.74) is 5.78. The fourth-order valence-electron chi connectivity index (χ4n) is 6.20. The van der Waals surface area contributed by atoms with Crippen LogP contribution in [0.15, 0.2) is 39.6 Å². The Hall–Kier alpha value is -1.69. The van der Waals surface area contributed by atoms with Gasteiger partial charge in [-0.2, -0.15) is 5.10 Å². The Morgan fingerprint density at radius 2 is 1.91 bits per heavy atom. The molecule has 6 heteroatoms. The maximum atomic E-state index is 15.9. The van der Waals surface area contributed by atoms with Gasteiger partial charge in [-0.05, 0) is 98.3 Å². The largest absolute Gasteiger partial charge is 0.351 e. The Morgan fingerprint density at radius 1 is 1.09 bits per heavy atom. The first-order valence-corrected chi connectivity index (χ1v) is 13.7. The number of halogens is 2. The van der Waals surface area contributed by atoms with Crippen molar-refractivity contribution in [2.75, 3.05) is 6.54 Å². The van der Waals surface area contributed by atoms with E-state index < -0.39 is 6.17 Å². The average Bonchev–Trinajstić information content (AvgIpc) is 3.22.